The van der Waals surface area contributed by atoms with Gasteiger partial charge in [-0.3, -0.25) is 0 Å². The Kier molecular flexibility index (Phi) is 6.53. The average Bonchev–Trinajstić information content (AvgIpc) is 2.48. The van der Waals surface area contributed by atoms with E-state index in [1.807, 2.05) is 43.3 Å². The van der Waals surface area contributed by atoms with Gasteiger partial charge in [0.1, 0.15) is 31.5 Å². The van der Waals surface area contributed by atoms with Crippen LogP contribution >= 0.6 is 23.2 Å². The van der Waals surface area contributed by atoms with Gasteiger partial charge in [-0.2, -0.15) is 0 Å². The van der Waals surface area contributed by atoms with Crippen molar-refractivity contribution in [3.8, 4) is 5.75 Å². The van der Waals surface area contributed by atoms with E-state index < -0.39 is 6.10 Å². The van der Waals surface area contributed by atoms with Crippen molar-refractivity contribution in [1.29, 1.82) is 0 Å². The lowest BCUT2D eigenvalue weighted by molar-refractivity contribution is -0.906. The summed E-state index contributed by atoms with van der Waals surface area (Å²) in [4.78, 5) is 0. The zero-order chi connectivity index (χ0) is 17.7. The zero-order valence-corrected chi connectivity index (χ0v) is 15.8. The Morgan fingerprint density at radius 3 is 2.29 bits per heavy atom. The standard InChI is InChI=1S/C19H24Cl2NO2/c1-14-10-17(21)8-9-19(14)24-13-18(23)12-22(2,3)11-15-4-6-16(20)7-5-15/h4-10,18,23H,11-13H2,1-3H3/q+1. The van der Waals surface area contributed by atoms with Crippen molar-refractivity contribution in [2.45, 2.75) is 19.6 Å². The molecular formula is C19H24Cl2NO2+. The zero-order valence-electron chi connectivity index (χ0n) is 14.3. The SMILES string of the molecule is Cc1cc(Cl)ccc1OCC(O)C[N+](C)(C)Cc1ccc(Cl)cc1. The fraction of sp³-hybridized carbons (Fsp3) is 0.368. The van der Waals surface area contributed by atoms with Gasteiger partial charge in [-0.15, -0.1) is 0 Å². The molecule has 0 saturated heterocycles. The quantitative estimate of drug-likeness (QED) is 0.737. The number of likely N-dealkylation sites (N-methyl/N-ethyl adjacent to an activating group) is 1. The Morgan fingerprint density at radius 2 is 1.67 bits per heavy atom. The molecule has 5 heteroatoms. The van der Waals surface area contributed by atoms with Crippen molar-refractivity contribution in [3.05, 3.63) is 63.6 Å². The van der Waals surface area contributed by atoms with Crippen molar-refractivity contribution in [2.24, 2.45) is 0 Å². The van der Waals surface area contributed by atoms with Crippen LogP contribution in [-0.2, 0) is 6.54 Å². The first kappa shape index (κ1) is 19.1. The van der Waals surface area contributed by atoms with Crippen molar-refractivity contribution < 1.29 is 14.3 Å². The summed E-state index contributed by atoms with van der Waals surface area (Å²) in [6, 6.07) is 13.3. The summed E-state index contributed by atoms with van der Waals surface area (Å²) in [7, 11) is 4.18. The van der Waals surface area contributed by atoms with Gasteiger partial charge in [0.15, 0.2) is 0 Å². The van der Waals surface area contributed by atoms with Gasteiger partial charge in [-0.05, 0) is 42.8 Å². The number of quaternary nitrogens is 1. The van der Waals surface area contributed by atoms with Gasteiger partial charge < -0.3 is 14.3 Å². The molecule has 0 aliphatic heterocycles. The van der Waals surface area contributed by atoms with E-state index in [1.54, 1.807) is 6.07 Å². The van der Waals surface area contributed by atoms with E-state index >= 15 is 0 Å². The highest BCUT2D eigenvalue weighted by Crippen LogP contribution is 2.22. The van der Waals surface area contributed by atoms with E-state index in [-0.39, 0.29) is 6.61 Å². The highest BCUT2D eigenvalue weighted by Gasteiger charge is 2.22. The number of benzene rings is 2. The minimum Gasteiger partial charge on any atom is -0.490 e. The third kappa shape index (κ3) is 5.99. The Labute approximate surface area is 154 Å². The molecule has 0 aliphatic rings. The normalized spacial score (nSPS) is 12.9. The van der Waals surface area contributed by atoms with Gasteiger partial charge in [-0.1, -0.05) is 35.3 Å². The second kappa shape index (κ2) is 8.21. The van der Waals surface area contributed by atoms with E-state index in [1.165, 1.54) is 5.56 Å². The summed E-state index contributed by atoms with van der Waals surface area (Å²) < 4.78 is 6.39. The van der Waals surface area contributed by atoms with Gasteiger partial charge in [-0.25, -0.2) is 0 Å². The summed E-state index contributed by atoms with van der Waals surface area (Å²) >= 11 is 11.9. The van der Waals surface area contributed by atoms with E-state index in [0.29, 0.717) is 16.1 Å². The molecule has 0 bridgehead atoms. The van der Waals surface area contributed by atoms with Gasteiger partial charge in [0.25, 0.3) is 0 Å². The minimum atomic E-state index is -0.553. The predicted molar refractivity (Wildman–Crippen MR) is 99.8 cm³/mol. The molecular weight excluding hydrogens is 345 g/mol. The van der Waals surface area contributed by atoms with Gasteiger partial charge >= 0.3 is 0 Å². The molecule has 2 aromatic carbocycles. The van der Waals surface area contributed by atoms with Gasteiger partial charge in [0.05, 0.1) is 14.1 Å². The van der Waals surface area contributed by atoms with Gasteiger partial charge in [0.2, 0.25) is 0 Å². The summed E-state index contributed by atoms with van der Waals surface area (Å²) in [6.07, 6.45) is -0.553. The Hall–Kier alpha value is -1.26. The Balaban J connectivity index is 1.87. The molecule has 0 heterocycles. The fourth-order valence-corrected chi connectivity index (χ4v) is 3.09. The lowest BCUT2D eigenvalue weighted by Gasteiger charge is -2.32. The molecule has 2 aromatic rings. The average molecular weight is 369 g/mol. The summed E-state index contributed by atoms with van der Waals surface area (Å²) in [5, 5.41) is 11.7. The molecule has 1 N–H and O–H groups in total. The Bertz CT molecular complexity index is 672. The largest absolute Gasteiger partial charge is 0.490 e. The van der Waals surface area contributed by atoms with Crippen LogP contribution < -0.4 is 4.74 Å². The van der Waals surface area contributed by atoms with Crippen molar-refractivity contribution in [3.63, 3.8) is 0 Å². The topological polar surface area (TPSA) is 29.5 Å². The molecule has 0 fully saturated rings. The lowest BCUT2D eigenvalue weighted by Crippen LogP contribution is -2.46. The third-order valence-corrected chi connectivity index (χ3v) is 4.28. The summed E-state index contributed by atoms with van der Waals surface area (Å²) in [6.45, 7) is 3.60. The molecule has 130 valence electrons. The van der Waals surface area contributed by atoms with Crippen LogP contribution in [0.25, 0.3) is 0 Å². The smallest absolute Gasteiger partial charge is 0.137 e. The first-order valence-corrected chi connectivity index (χ1v) is 8.64. The third-order valence-electron chi connectivity index (χ3n) is 3.80. The highest BCUT2D eigenvalue weighted by molar-refractivity contribution is 6.30. The lowest BCUT2D eigenvalue weighted by atomic mass is 10.2. The fourth-order valence-electron chi connectivity index (χ4n) is 2.73. The second-order valence-corrected chi connectivity index (χ2v) is 7.65. The number of hydrogen-bond donors (Lipinski definition) is 1. The number of aliphatic hydroxyl groups is 1. The number of nitrogens with zero attached hydrogens (tertiary/aromatic N) is 1. The maximum absolute atomic E-state index is 10.3. The van der Waals surface area contributed by atoms with Crippen LogP contribution in [0, 0.1) is 6.92 Å². The molecule has 1 atom stereocenters. The predicted octanol–water partition coefficient (Wildman–Crippen LogP) is 4.32. The van der Waals surface area contributed by atoms with Crippen molar-refractivity contribution >= 4 is 23.2 Å². The van der Waals surface area contributed by atoms with E-state index in [9.17, 15) is 5.11 Å². The van der Waals surface area contributed by atoms with Gasteiger partial charge in [0, 0.05) is 15.6 Å². The number of aryl methyl sites for hydroxylation is 1. The monoisotopic (exact) mass is 368 g/mol. The molecule has 3 nitrogen and oxygen atoms in total. The summed E-state index contributed by atoms with van der Waals surface area (Å²) in [5.74, 6) is 0.751. The van der Waals surface area contributed by atoms with Crippen molar-refractivity contribution in [2.75, 3.05) is 27.2 Å². The maximum Gasteiger partial charge on any atom is 0.137 e. The molecule has 0 aliphatic carbocycles. The maximum atomic E-state index is 10.3. The number of rotatable bonds is 7. The molecule has 0 radical (unpaired) electrons. The van der Waals surface area contributed by atoms with E-state index in [4.69, 9.17) is 27.9 Å². The molecule has 2 rings (SSSR count). The van der Waals surface area contributed by atoms with Crippen LogP contribution in [0.5, 0.6) is 5.75 Å². The first-order chi connectivity index (χ1) is 11.2. The molecule has 0 saturated carbocycles. The minimum absolute atomic E-state index is 0.255. The highest BCUT2D eigenvalue weighted by atomic mass is 35.5. The van der Waals surface area contributed by atoms with Crippen LogP contribution in [0.3, 0.4) is 0 Å². The van der Waals surface area contributed by atoms with E-state index in [2.05, 4.69) is 14.1 Å². The van der Waals surface area contributed by atoms with Crippen molar-refractivity contribution in [1.82, 2.24) is 0 Å². The molecule has 24 heavy (non-hydrogen) atoms. The van der Waals surface area contributed by atoms with Crippen LogP contribution in [0.15, 0.2) is 42.5 Å². The van der Waals surface area contributed by atoms with E-state index in [0.717, 1.165) is 22.9 Å². The molecule has 1 unspecified atom stereocenters. The summed E-state index contributed by atoms with van der Waals surface area (Å²) in [5.41, 5.74) is 2.15. The Morgan fingerprint density at radius 1 is 1.04 bits per heavy atom. The number of aliphatic hydroxyl groups excluding tert-OH is 1. The molecule has 0 amide bonds. The number of hydrogen-bond acceptors (Lipinski definition) is 2. The van der Waals surface area contributed by atoms with Crippen LogP contribution in [0.2, 0.25) is 10.0 Å². The second-order valence-electron chi connectivity index (χ2n) is 6.78. The van der Waals surface area contributed by atoms with Crippen LogP contribution in [-0.4, -0.2) is 42.9 Å². The number of ether oxygens (including phenoxy) is 1. The van der Waals surface area contributed by atoms with Crippen LogP contribution in [0.1, 0.15) is 11.1 Å². The molecule has 0 aromatic heterocycles. The molecule has 0 spiro atoms. The first-order valence-electron chi connectivity index (χ1n) is 7.89. The number of halogens is 2. The van der Waals surface area contributed by atoms with Crippen LogP contribution in [0.4, 0.5) is 0 Å².